The molecule has 1 heterocycles. The highest BCUT2D eigenvalue weighted by Crippen LogP contribution is 2.06. The summed E-state index contributed by atoms with van der Waals surface area (Å²) in [6.45, 7) is 7.72. The van der Waals surface area contributed by atoms with Crippen molar-refractivity contribution >= 4 is 0 Å². The summed E-state index contributed by atoms with van der Waals surface area (Å²) in [5, 5.41) is 11.7. The van der Waals surface area contributed by atoms with Crippen molar-refractivity contribution < 1.29 is 4.73 Å². The topological polar surface area (TPSA) is 39.8 Å². The van der Waals surface area contributed by atoms with E-state index in [-0.39, 0.29) is 0 Å². The van der Waals surface area contributed by atoms with E-state index in [9.17, 15) is 5.21 Å². The SMILES string of the molecule is CCc1nc(C)c(CC)[n+]([O-])c1C. The molecule has 1 rings (SSSR count). The van der Waals surface area contributed by atoms with Crippen molar-refractivity contribution in [2.75, 3.05) is 0 Å². The van der Waals surface area contributed by atoms with Gasteiger partial charge in [-0.15, -0.1) is 0 Å². The van der Waals surface area contributed by atoms with E-state index in [4.69, 9.17) is 0 Å². The highest BCUT2D eigenvalue weighted by atomic mass is 16.5. The first-order chi connectivity index (χ1) is 6.11. The normalized spacial score (nSPS) is 10.5. The third-order valence-corrected chi connectivity index (χ3v) is 2.36. The van der Waals surface area contributed by atoms with Gasteiger partial charge in [0.15, 0.2) is 0 Å². The zero-order valence-electron chi connectivity index (χ0n) is 8.72. The van der Waals surface area contributed by atoms with Gasteiger partial charge in [0.1, 0.15) is 11.4 Å². The van der Waals surface area contributed by atoms with Crippen LogP contribution in [0.15, 0.2) is 0 Å². The lowest BCUT2D eigenvalue weighted by Gasteiger charge is -2.10. The van der Waals surface area contributed by atoms with Gasteiger partial charge in [0.2, 0.25) is 11.4 Å². The molecule has 3 heteroatoms. The number of aromatic nitrogens is 2. The molecule has 3 nitrogen and oxygen atoms in total. The molecule has 0 saturated heterocycles. The Morgan fingerprint density at radius 1 is 1.23 bits per heavy atom. The van der Waals surface area contributed by atoms with Gasteiger partial charge in [-0.2, -0.15) is 4.73 Å². The minimum absolute atomic E-state index is 0.741. The van der Waals surface area contributed by atoms with E-state index in [2.05, 4.69) is 4.98 Å². The minimum Gasteiger partial charge on any atom is -0.618 e. The molecule has 0 atom stereocenters. The highest BCUT2D eigenvalue weighted by molar-refractivity contribution is 5.12. The van der Waals surface area contributed by atoms with Gasteiger partial charge < -0.3 is 5.21 Å². The molecule has 0 aliphatic rings. The van der Waals surface area contributed by atoms with Crippen molar-refractivity contribution in [3.05, 3.63) is 28.0 Å². The maximum absolute atomic E-state index is 11.7. The molecule has 0 amide bonds. The summed E-state index contributed by atoms with van der Waals surface area (Å²) < 4.78 is 1.02. The first-order valence-electron chi connectivity index (χ1n) is 4.70. The summed E-state index contributed by atoms with van der Waals surface area (Å²) in [6.07, 6.45) is 1.56. The van der Waals surface area contributed by atoms with Crippen molar-refractivity contribution in [2.24, 2.45) is 0 Å². The predicted octanol–water partition coefficient (Wildman–Crippen LogP) is 1.46. The molecule has 0 unspecified atom stereocenters. The number of hydrogen-bond donors (Lipinski definition) is 0. The molecule has 1 aromatic rings. The van der Waals surface area contributed by atoms with Crippen LogP contribution in [0.25, 0.3) is 0 Å². The Morgan fingerprint density at radius 3 is 2.31 bits per heavy atom. The van der Waals surface area contributed by atoms with Crippen LogP contribution in [0.5, 0.6) is 0 Å². The molecule has 0 N–H and O–H groups in total. The average Bonchev–Trinajstić information content (AvgIpc) is 2.12. The van der Waals surface area contributed by atoms with E-state index in [0.29, 0.717) is 0 Å². The van der Waals surface area contributed by atoms with Crippen LogP contribution >= 0.6 is 0 Å². The lowest BCUT2D eigenvalue weighted by atomic mass is 10.2. The number of aryl methyl sites for hydroxylation is 2. The molecule has 72 valence electrons. The van der Waals surface area contributed by atoms with Crippen LogP contribution < -0.4 is 4.73 Å². The zero-order valence-corrected chi connectivity index (χ0v) is 8.72. The third kappa shape index (κ3) is 1.64. The van der Waals surface area contributed by atoms with Gasteiger partial charge in [0.25, 0.3) is 0 Å². The fourth-order valence-electron chi connectivity index (χ4n) is 1.55. The second-order valence-corrected chi connectivity index (χ2v) is 3.18. The van der Waals surface area contributed by atoms with Crippen LogP contribution in [0.2, 0.25) is 0 Å². The number of nitrogens with zero attached hydrogens (tertiary/aromatic N) is 2. The van der Waals surface area contributed by atoms with Crippen molar-refractivity contribution in [1.82, 2.24) is 4.98 Å². The second-order valence-electron chi connectivity index (χ2n) is 3.18. The number of hydrogen-bond acceptors (Lipinski definition) is 2. The van der Waals surface area contributed by atoms with Crippen LogP contribution in [0.1, 0.15) is 36.6 Å². The average molecular weight is 180 g/mol. The zero-order chi connectivity index (χ0) is 10.0. The summed E-state index contributed by atoms with van der Waals surface area (Å²) in [7, 11) is 0. The van der Waals surface area contributed by atoms with Gasteiger partial charge in [-0.1, -0.05) is 13.8 Å². The minimum atomic E-state index is 0.741. The summed E-state index contributed by atoms with van der Waals surface area (Å²) in [5.41, 5.74) is 3.30. The van der Waals surface area contributed by atoms with Gasteiger partial charge in [-0.3, -0.25) is 0 Å². The molecule has 1 aromatic heterocycles. The van der Waals surface area contributed by atoms with Gasteiger partial charge in [0, 0.05) is 13.3 Å². The van der Waals surface area contributed by atoms with Crippen molar-refractivity contribution in [3.63, 3.8) is 0 Å². The second kappa shape index (κ2) is 3.73. The largest absolute Gasteiger partial charge is 0.618 e. The fraction of sp³-hybridized carbons (Fsp3) is 0.600. The molecule has 0 fully saturated rings. The fourth-order valence-corrected chi connectivity index (χ4v) is 1.55. The monoisotopic (exact) mass is 180 g/mol. The predicted molar refractivity (Wildman–Crippen MR) is 51.4 cm³/mol. The van der Waals surface area contributed by atoms with E-state index in [0.717, 1.165) is 40.3 Å². The van der Waals surface area contributed by atoms with Crippen molar-refractivity contribution in [3.8, 4) is 0 Å². The molecule has 0 aliphatic heterocycles. The van der Waals surface area contributed by atoms with E-state index in [1.54, 1.807) is 0 Å². The van der Waals surface area contributed by atoms with Gasteiger partial charge in [0.05, 0.1) is 0 Å². The van der Waals surface area contributed by atoms with Crippen LogP contribution in [0.3, 0.4) is 0 Å². The summed E-state index contributed by atoms with van der Waals surface area (Å²) in [4.78, 5) is 4.40. The lowest BCUT2D eigenvalue weighted by Crippen LogP contribution is -2.38. The Balaban J connectivity index is 3.37. The van der Waals surface area contributed by atoms with Crippen LogP contribution in [0, 0.1) is 19.1 Å². The van der Waals surface area contributed by atoms with Crippen LogP contribution in [0.4, 0.5) is 0 Å². The molecule has 0 bridgehead atoms. The molecule has 13 heavy (non-hydrogen) atoms. The summed E-state index contributed by atoms with van der Waals surface area (Å²) in [5.74, 6) is 0. The Kier molecular flexibility index (Phi) is 2.86. The Hall–Kier alpha value is -1.12. The Morgan fingerprint density at radius 2 is 1.85 bits per heavy atom. The van der Waals surface area contributed by atoms with E-state index < -0.39 is 0 Å². The van der Waals surface area contributed by atoms with Crippen molar-refractivity contribution in [1.29, 1.82) is 0 Å². The third-order valence-electron chi connectivity index (χ3n) is 2.36. The maximum atomic E-state index is 11.7. The molecular weight excluding hydrogens is 164 g/mol. The first-order valence-corrected chi connectivity index (χ1v) is 4.70. The number of rotatable bonds is 2. The lowest BCUT2D eigenvalue weighted by molar-refractivity contribution is -0.622. The standard InChI is InChI=1S/C10H16N2O/c1-5-9-8(4)12(13)10(6-2)7(3)11-9/h5-6H2,1-4H3. The Labute approximate surface area is 79.0 Å². The smallest absolute Gasteiger partial charge is 0.213 e. The molecule has 0 saturated carbocycles. The van der Waals surface area contributed by atoms with Gasteiger partial charge in [-0.05, 0) is 13.3 Å². The molecular formula is C10H16N2O. The van der Waals surface area contributed by atoms with E-state index in [1.807, 2.05) is 27.7 Å². The van der Waals surface area contributed by atoms with E-state index >= 15 is 0 Å². The van der Waals surface area contributed by atoms with Crippen LogP contribution in [-0.2, 0) is 12.8 Å². The van der Waals surface area contributed by atoms with E-state index in [1.165, 1.54) is 0 Å². The molecule has 0 radical (unpaired) electrons. The molecule has 0 aromatic carbocycles. The maximum Gasteiger partial charge on any atom is 0.213 e. The Bertz CT molecular complexity index is 321. The molecule has 0 aliphatic carbocycles. The first kappa shape index (κ1) is 9.96. The van der Waals surface area contributed by atoms with Gasteiger partial charge >= 0.3 is 0 Å². The van der Waals surface area contributed by atoms with Gasteiger partial charge in [-0.25, -0.2) is 4.98 Å². The van der Waals surface area contributed by atoms with Crippen LogP contribution in [-0.4, -0.2) is 4.98 Å². The molecule has 0 spiro atoms. The summed E-state index contributed by atoms with van der Waals surface area (Å²) >= 11 is 0. The van der Waals surface area contributed by atoms with Crippen molar-refractivity contribution in [2.45, 2.75) is 40.5 Å². The summed E-state index contributed by atoms with van der Waals surface area (Å²) in [6, 6.07) is 0. The quantitative estimate of drug-likeness (QED) is 0.510. The highest BCUT2D eigenvalue weighted by Gasteiger charge is 2.15.